The zero-order chi connectivity index (χ0) is 10.8. The van der Waals surface area contributed by atoms with Crippen LogP contribution in [0.15, 0.2) is 30.3 Å². The summed E-state index contributed by atoms with van der Waals surface area (Å²) in [6.07, 6.45) is -0.939. The number of rotatable bonds is 2. The molecule has 0 saturated carbocycles. The summed E-state index contributed by atoms with van der Waals surface area (Å²) < 4.78 is 12.9. The van der Waals surface area contributed by atoms with Crippen LogP contribution in [0, 0.1) is 0 Å². The molecule has 1 atom stereocenters. The van der Waals surface area contributed by atoms with Crippen LogP contribution < -0.4 is 5.73 Å². The van der Waals surface area contributed by atoms with Gasteiger partial charge in [0.05, 0.1) is 5.69 Å². The number of nitrogen functional groups attached to an aromatic ring is 1. The van der Waals surface area contributed by atoms with Gasteiger partial charge in [-0.05, 0) is 18.1 Å². The van der Waals surface area contributed by atoms with Gasteiger partial charge in [0.15, 0.2) is 0 Å². The first-order valence-corrected chi connectivity index (χ1v) is 4.72. The highest BCUT2D eigenvalue weighted by Crippen LogP contribution is 2.22. The normalized spacial score (nSPS) is 12.7. The summed E-state index contributed by atoms with van der Waals surface area (Å²) in [5, 5.41) is 6.63. The number of anilines is 1. The van der Waals surface area contributed by atoms with Gasteiger partial charge in [-0.3, -0.25) is 5.10 Å². The molecule has 0 saturated heterocycles. The van der Waals surface area contributed by atoms with Gasteiger partial charge in [-0.2, -0.15) is 5.10 Å². The predicted molar refractivity (Wildman–Crippen MR) is 58.0 cm³/mol. The van der Waals surface area contributed by atoms with Crippen molar-refractivity contribution in [3.63, 3.8) is 0 Å². The van der Waals surface area contributed by atoms with Crippen molar-refractivity contribution in [3.05, 3.63) is 35.9 Å². The Hall–Kier alpha value is -1.84. The molecule has 1 aromatic carbocycles. The highest BCUT2D eigenvalue weighted by atomic mass is 19.1. The van der Waals surface area contributed by atoms with E-state index in [-0.39, 0.29) is 0 Å². The van der Waals surface area contributed by atoms with E-state index < -0.39 is 6.17 Å². The van der Waals surface area contributed by atoms with Crippen LogP contribution in [0.4, 0.5) is 10.2 Å². The Balaban J connectivity index is 2.31. The molecule has 3 nitrogen and oxygen atoms in total. The SMILES string of the molecule is CC(F)c1ccc(-c2cc(N)n[nH]2)cc1. The molecule has 1 aromatic heterocycles. The van der Waals surface area contributed by atoms with E-state index in [0.29, 0.717) is 11.4 Å². The van der Waals surface area contributed by atoms with Gasteiger partial charge in [0.25, 0.3) is 0 Å². The van der Waals surface area contributed by atoms with Gasteiger partial charge < -0.3 is 5.73 Å². The molecule has 0 spiro atoms. The lowest BCUT2D eigenvalue weighted by Crippen LogP contribution is -1.85. The van der Waals surface area contributed by atoms with Crippen LogP contribution in [0.2, 0.25) is 0 Å². The number of alkyl halides is 1. The third kappa shape index (κ3) is 1.98. The van der Waals surface area contributed by atoms with E-state index in [2.05, 4.69) is 10.2 Å². The summed E-state index contributed by atoms with van der Waals surface area (Å²) >= 11 is 0. The number of aromatic nitrogens is 2. The van der Waals surface area contributed by atoms with Crippen LogP contribution in [0.3, 0.4) is 0 Å². The number of hydrogen-bond donors (Lipinski definition) is 2. The fraction of sp³-hybridized carbons (Fsp3) is 0.182. The lowest BCUT2D eigenvalue weighted by atomic mass is 10.1. The summed E-state index contributed by atoms with van der Waals surface area (Å²) in [6, 6.07) is 8.96. The topological polar surface area (TPSA) is 54.7 Å². The van der Waals surface area contributed by atoms with Gasteiger partial charge in [0.1, 0.15) is 12.0 Å². The van der Waals surface area contributed by atoms with Crippen molar-refractivity contribution in [2.24, 2.45) is 0 Å². The zero-order valence-corrected chi connectivity index (χ0v) is 8.37. The first-order valence-electron chi connectivity index (χ1n) is 4.72. The number of benzene rings is 1. The van der Waals surface area contributed by atoms with Gasteiger partial charge in [0.2, 0.25) is 0 Å². The van der Waals surface area contributed by atoms with E-state index in [4.69, 9.17) is 5.73 Å². The first-order chi connectivity index (χ1) is 7.16. The molecule has 0 fully saturated rings. The predicted octanol–water partition coefficient (Wildman–Crippen LogP) is 2.69. The van der Waals surface area contributed by atoms with Gasteiger partial charge in [-0.25, -0.2) is 4.39 Å². The van der Waals surface area contributed by atoms with Crippen molar-refractivity contribution >= 4 is 5.82 Å². The molecule has 0 aliphatic carbocycles. The molecule has 2 aromatic rings. The average Bonchev–Trinajstić information content (AvgIpc) is 2.65. The highest BCUT2D eigenvalue weighted by Gasteiger charge is 2.04. The number of nitrogens with zero attached hydrogens (tertiary/aromatic N) is 1. The summed E-state index contributed by atoms with van der Waals surface area (Å²) in [7, 11) is 0. The van der Waals surface area contributed by atoms with Crippen LogP contribution in [-0.2, 0) is 0 Å². The third-order valence-electron chi connectivity index (χ3n) is 2.28. The Morgan fingerprint density at radius 1 is 1.33 bits per heavy atom. The smallest absolute Gasteiger partial charge is 0.145 e. The summed E-state index contributed by atoms with van der Waals surface area (Å²) in [4.78, 5) is 0. The van der Waals surface area contributed by atoms with Gasteiger partial charge in [0, 0.05) is 6.07 Å². The summed E-state index contributed by atoms with van der Waals surface area (Å²) in [5.41, 5.74) is 7.95. The fourth-order valence-corrected chi connectivity index (χ4v) is 1.41. The van der Waals surface area contributed by atoms with Crippen LogP contribution in [0.1, 0.15) is 18.7 Å². The molecular weight excluding hydrogens is 193 g/mol. The van der Waals surface area contributed by atoms with Crippen LogP contribution in [0.25, 0.3) is 11.3 Å². The maximum atomic E-state index is 12.9. The molecule has 2 rings (SSSR count). The second kappa shape index (κ2) is 3.73. The standard InChI is InChI=1S/C11H12FN3/c1-7(12)8-2-4-9(5-3-8)10-6-11(13)15-14-10/h2-7H,1H3,(H3,13,14,15). The monoisotopic (exact) mass is 205 g/mol. The minimum atomic E-state index is -0.939. The Kier molecular flexibility index (Phi) is 2.41. The molecule has 3 N–H and O–H groups in total. The lowest BCUT2D eigenvalue weighted by molar-refractivity contribution is 0.374. The Bertz CT molecular complexity index is 445. The van der Waals surface area contributed by atoms with Crippen LogP contribution in [0.5, 0.6) is 0 Å². The van der Waals surface area contributed by atoms with Crippen molar-refractivity contribution in [2.45, 2.75) is 13.1 Å². The van der Waals surface area contributed by atoms with Crippen molar-refractivity contribution < 1.29 is 4.39 Å². The molecule has 78 valence electrons. The van der Waals surface area contributed by atoms with E-state index >= 15 is 0 Å². The molecule has 15 heavy (non-hydrogen) atoms. The number of aromatic amines is 1. The highest BCUT2D eigenvalue weighted by molar-refractivity contribution is 5.62. The van der Waals surface area contributed by atoms with Gasteiger partial charge >= 0.3 is 0 Å². The Morgan fingerprint density at radius 3 is 2.47 bits per heavy atom. The quantitative estimate of drug-likeness (QED) is 0.791. The maximum absolute atomic E-state index is 12.9. The van der Waals surface area contributed by atoms with Gasteiger partial charge in [-0.15, -0.1) is 0 Å². The maximum Gasteiger partial charge on any atom is 0.145 e. The van der Waals surface area contributed by atoms with Gasteiger partial charge in [-0.1, -0.05) is 24.3 Å². The average molecular weight is 205 g/mol. The molecule has 1 unspecified atom stereocenters. The first kappa shape index (κ1) is 9.71. The molecule has 0 amide bonds. The minimum Gasteiger partial charge on any atom is -0.382 e. The van der Waals surface area contributed by atoms with Crippen molar-refractivity contribution in [3.8, 4) is 11.3 Å². The molecule has 0 aliphatic rings. The third-order valence-corrected chi connectivity index (χ3v) is 2.28. The number of hydrogen-bond acceptors (Lipinski definition) is 2. The van der Waals surface area contributed by atoms with Crippen molar-refractivity contribution in [1.82, 2.24) is 10.2 Å². The second-order valence-electron chi connectivity index (χ2n) is 3.44. The molecular formula is C11H12FN3. The fourth-order valence-electron chi connectivity index (χ4n) is 1.41. The number of nitrogens with one attached hydrogen (secondary N) is 1. The van der Waals surface area contributed by atoms with E-state index in [0.717, 1.165) is 11.3 Å². The Labute approximate surface area is 87.1 Å². The van der Waals surface area contributed by atoms with Crippen LogP contribution in [-0.4, -0.2) is 10.2 Å². The minimum absolute atomic E-state index is 0.452. The summed E-state index contributed by atoms with van der Waals surface area (Å²) in [6.45, 7) is 1.52. The molecule has 1 heterocycles. The van der Waals surface area contributed by atoms with E-state index in [1.165, 1.54) is 6.92 Å². The van der Waals surface area contributed by atoms with Crippen molar-refractivity contribution in [2.75, 3.05) is 5.73 Å². The second-order valence-corrected chi connectivity index (χ2v) is 3.44. The number of H-pyrrole nitrogens is 1. The summed E-state index contributed by atoms with van der Waals surface area (Å²) in [5.74, 6) is 0.452. The number of nitrogens with two attached hydrogens (primary N) is 1. The molecule has 0 radical (unpaired) electrons. The van der Waals surface area contributed by atoms with Crippen molar-refractivity contribution in [1.29, 1.82) is 0 Å². The lowest BCUT2D eigenvalue weighted by Gasteiger charge is -2.02. The van der Waals surface area contributed by atoms with E-state index in [9.17, 15) is 4.39 Å². The molecule has 4 heteroatoms. The van der Waals surface area contributed by atoms with Crippen LogP contribution >= 0.6 is 0 Å². The molecule has 0 bridgehead atoms. The Morgan fingerprint density at radius 2 is 2.00 bits per heavy atom. The largest absolute Gasteiger partial charge is 0.382 e. The number of halogens is 1. The zero-order valence-electron chi connectivity index (χ0n) is 8.37. The molecule has 0 aliphatic heterocycles. The van der Waals surface area contributed by atoms with E-state index in [1.807, 2.05) is 12.1 Å². The van der Waals surface area contributed by atoms with E-state index in [1.54, 1.807) is 18.2 Å².